The Hall–Kier alpha value is -4.58. The van der Waals surface area contributed by atoms with Gasteiger partial charge in [0.25, 0.3) is 0 Å². The number of anilines is 1. The number of aryl methyl sites for hydroxylation is 1. The van der Waals surface area contributed by atoms with Crippen LogP contribution in [0.25, 0.3) is 11.2 Å². The number of benzene rings is 2. The Kier molecular flexibility index (Phi) is 11.7. The standard InChI is InChI=1S/C34H35F2N7O14P2S/c1-16-10-18(44)4-7-20(16)33(46)53-19-5-2-17(3-6-19)13-60-59(50)52-12-22-27(25(36)31(55-22)43-15-40-26-29(37)38-14-39-30(26)43)56-58(48,49)51-11-21-24(35)28(57-59)32(54-21)42-9-8-23(45)41-34(42)47/h2-10,14-15,21-22,24-25,27-28,31-32,34,44,47H,11-13H2,1H3,(H,41,45)(H,48,49)(H2,37,38,39)/t21-,22-,24-,25-,27-,28-,31-,32-,34?,59+/m1/s1. The average molecular weight is 898 g/mol. The van der Waals surface area contributed by atoms with E-state index >= 15 is 8.78 Å². The Balaban J connectivity index is 1.07. The van der Waals surface area contributed by atoms with E-state index < -0.39 is 95.3 Å². The number of esters is 1. The summed E-state index contributed by atoms with van der Waals surface area (Å²) in [6.07, 6.45) is -12.3. The number of amides is 1. The van der Waals surface area contributed by atoms with E-state index in [0.29, 0.717) is 22.5 Å². The normalized spacial score (nSPS) is 33.4. The molecule has 21 nitrogen and oxygen atoms in total. The molecule has 0 spiro atoms. The lowest BCUT2D eigenvalue weighted by Crippen LogP contribution is -2.55. The number of phenols is 1. The van der Waals surface area contributed by atoms with Crippen molar-refractivity contribution in [3.8, 4) is 11.5 Å². The van der Waals surface area contributed by atoms with Gasteiger partial charge in [-0.2, -0.15) is 0 Å². The highest BCUT2D eigenvalue weighted by Crippen LogP contribution is 2.64. The Labute approximate surface area is 341 Å². The molecule has 3 fully saturated rings. The van der Waals surface area contributed by atoms with E-state index in [0.717, 1.165) is 34.4 Å². The van der Waals surface area contributed by atoms with Crippen molar-refractivity contribution in [1.82, 2.24) is 29.7 Å². The number of carbonyl (C=O) groups excluding carboxylic acids is 2. The van der Waals surface area contributed by atoms with Gasteiger partial charge in [0.05, 0.1) is 25.1 Å². The molecule has 1 amide bonds. The molecule has 0 saturated carbocycles. The SMILES string of the molecule is Cc1cc(O)ccc1C(=O)Oc1ccc(CS[P@@]2(=O)OC[C@H]3O[C@@H](n4cnc5c(N)ncnc54)[C@H](F)[C@@H]3OP(=O)(O)OC[C@H]3O[C@@H](N4C=CC(=O)NC4O)[C@H](O2)[C@@H]3F)cc1. The van der Waals surface area contributed by atoms with Crippen molar-refractivity contribution in [3.63, 3.8) is 0 Å². The van der Waals surface area contributed by atoms with E-state index in [9.17, 15) is 33.8 Å². The van der Waals surface area contributed by atoms with Crippen LogP contribution in [0.15, 0.2) is 67.4 Å². The van der Waals surface area contributed by atoms with E-state index in [4.69, 9.17) is 38.0 Å². The molecule has 2 bridgehead atoms. The molecule has 2 aromatic heterocycles. The summed E-state index contributed by atoms with van der Waals surface area (Å²) < 4.78 is 101. The lowest BCUT2D eigenvalue weighted by Gasteiger charge is -2.37. The second kappa shape index (κ2) is 16.7. The third kappa shape index (κ3) is 8.63. The molecule has 0 aliphatic carbocycles. The molecule has 2 unspecified atom stereocenters. The number of fused-ring (bicyclic) bond motifs is 4. The quantitative estimate of drug-likeness (QED) is 0.101. The number of phenolic OH excluding ortho intramolecular Hbond substituents is 1. The zero-order valence-corrected chi connectivity index (χ0v) is 33.5. The topological polar surface area (TPSA) is 278 Å². The lowest BCUT2D eigenvalue weighted by molar-refractivity contribution is -0.151. The number of imidazole rings is 1. The van der Waals surface area contributed by atoms with Crippen LogP contribution in [-0.2, 0) is 47.2 Å². The molecule has 11 atom stereocenters. The number of hydrogen-bond acceptors (Lipinski definition) is 19. The molecule has 4 aromatic rings. The minimum absolute atomic E-state index is 0.0171. The highest BCUT2D eigenvalue weighted by Gasteiger charge is 2.56. The number of nitrogens with one attached hydrogen (secondary N) is 1. The summed E-state index contributed by atoms with van der Waals surface area (Å²) in [5.41, 5.74) is 7.26. The van der Waals surface area contributed by atoms with Crippen LogP contribution in [0.5, 0.6) is 11.5 Å². The number of alkyl halides is 2. The number of carbonyl (C=O) groups is 2. The van der Waals surface area contributed by atoms with Crippen molar-refractivity contribution in [2.24, 2.45) is 0 Å². The van der Waals surface area contributed by atoms with Gasteiger partial charge in [0, 0.05) is 18.0 Å². The fraction of sp³-hybridized carbons (Fsp3) is 0.382. The van der Waals surface area contributed by atoms with E-state index in [1.54, 1.807) is 19.1 Å². The van der Waals surface area contributed by atoms with Crippen LogP contribution in [0.4, 0.5) is 14.6 Å². The molecule has 3 saturated heterocycles. The maximum Gasteiger partial charge on any atom is 0.472 e. The first-order valence-corrected chi connectivity index (χ1v) is 22.5. The number of nitrogen functional groups attached to an aromatic ring is 1. The van der Waals surface area contributed by atoms with Crippen LogP contribution in [-0.4, -0.2) is 114 Å². The molecule has 2 aromatic carbocycles. The van der Waals surface area contributed by atoms with E-state index in [1.165, 1.54) is 30.3 Å². The van der Waals surface area contributed by atoms with Gasteiger partial charge in [-0.15, -0.1) is 0 Å². The van der Waals surface area contributed by atoms with Crippen LogP contribution >= 0.6 is 26.0 Å². The number of ether oxygens (including phenoxy) is 3. The number of halogens is 2. The highest BCUT2D eigenvalue weighted by atomic mass is 32.7. The van der Waals surface area contributed by atoms with Gasteiger partial charge in [0.15, 0.2) is 36.3 Å². The van der Waals surface area contributed by atoms with E-state index in [1.807, 2.05) is 0 Å². The van der Waals surface area contributed by atoms with Crippen molar-refractivity contribution in [3.05, 3.63) is 84.1 Å². The first kappa shape index (κ1) is 42.1. The van der Waals surface area contributed by atoms with Gasteiger partial charge in [-0.3, -0.25) is 27.5 Å². The van der Waals surface area contributed by atoms with Crippen LogP contribution in [0.3, 0.4) is 0 Å². The second-order valence-electron chi connectivity index (χ2n) is 13.7. The Morgan fingerprint density at radius 3 is 2.52 bits per heavy atom. The molecule has 4 aliphatic rings. The minimum Gasteiger partial charge on any atom is -0.508 e. The summed E-state index contributed by atoms with van der Waals surface area (Å²) in [6, 6.07) is 10.2. The number of hydrogen-bond donors (Lipinski definition) is 5. The third-order valence-corrected chi connectivity index (χ3v) is 14.3. The van der Waals surface area contributed by atoms with Gasteiger partial charge in [-0.1, -0.05) is 12.1 Å². The van der Waals surface area contributed by atoms with Gasteiger partial charge in [0.1, 0.15) is 47.8 Å². The number of nitrogens with zero attached hydrogens (tertiary/aromatic N) is 5. The van der Waals surface area contributed by atoms with Crippen molar-refractivity contribution in [2.45, 2.75) is 68.2 Å². The summed E-state index contributed by atoms with van der Waals surface area (Å²) in [5, 5.41) is 22.5. The number of aliphatic hydroxyl groups is 1. The largest absolute Gasteiger partial charge is 0.508 e. The summed E-state index contributed by atoms with van der Waals surface area (Å²) in [4.78, 5) is 48.5. The summed E-state index contributed by atoms with van der Waals surface area (Å²) in [7, 11) is -5.25. The van der Waals surface area contributed by atoms with Crippen molar-refractivity contribution in [1.29, 1.82) is 0 Å². The summed E-state index contributed by atoms with van der Waals surface area (Å²) in [5.74, 6) is -1.39. The number of phosphoric ester groups is 1. The number of phosphoric acid groups is 1. The fourth-order valence-corrected chi connectivity index (χ4v) is 11.0. The van der Waals surface area contributed by atoms with Gasteiger partial charge in [-0.25, -0.2) is 37.7 Å². The maximum atomic E-state index is 16.4. The molecule has 6 N–H and O–H groups in total. The molecule has 8 rings (SSSR count). The molecule has 60 heavy (non-hydrogen) atoms. The zero-order valence-electron chi connectivity index (χ0n) is 30.9. The molecule has 26 heteroatoms. The van der Waals surface area contributed by atoms with Crippen LogP contribution in [0.2, 0.25) is 0 Å². The first-order chi connectivity index (χ1) is 28.6. The third-order valence-electron chi connectivity index (χ3n) is 9.70. The van der Waals surface area contributed by atoms with Gasteiger partial charge < -0.3 is 45.3 Å². The smallest absolute Gasteiger partial charge is 0.472 e. The molecule has 0 radical (unpaired) electrons. The van der Waals surface area contributed by atoms with Crippen molar-refractivity contribution in [2.75, 3.05) is 18.9 Å². The Morgan fingerprint density at radius 2 is 1.77 bits per heavy atom. The number of aromatic hydroxyl groups is 1. The second-order valence-corrected chi connectivity index (χ2v) is 19.1. The van der Waals surface area contributed by atoms with Crippen LogP contribution in [0, 0.1) is 6.92 Å². The molecule has 320 valence electrons. The molecular formula is C34H35F2N7O14P2S. The zero-order chi connectivity index (χ0) is 42.5. The first-order valence-electron chi connectivity index (χ1n) is 17.9. The molecule has 4 aliphatic heterocycles. The van der Waals surface area contributed by atoms with Crippen LogP contribution in [0.1, 0.15) is 27.7 Å². The number of aliphatic hydroxyl groups excluding tert-OH is 1. The predicted molar refractivity (Wildman–Crippen MR) is 202 cm³/mol. The van der Waals surface area contributed by atoms with E-state index in [2.05, 4.69) is 20.3 Å². The average Bonchev–Trinajstić information content (AvgIpc) is 3.86. The monoisotopic (exact) mass is 897 g/mol. The Morgan fingerprint density at radius 1 is 1.02 bits per heavy atom. The van der Waals surface area contributed by atoms with Crippen molar-refractivity contribution >= 4 is 54.9 Å². The van der Waals surface area contributed by atoms with Crippen molar-refractivity contribution < 1.29 is 74.9 Å². The van der Waals surface area contributed by atoms with Gasteiger partial charge >= 0.3 is 20.6 Å². The predicted octanol–water partition coefficient (Wildman–Crippen LogP) is 3.12. The number of nitrogens with two attached hydrogens (primary N) is 1. The van der Waals surface area contributed by atoms with Gasteiger partial charge in [-0.05, 0) is 59.8 Å². The summed E-state index contributed by atoms with van der Waals surface area (Å²) in [6.45, 7) is -4.85. The lowest BCUT2D eigenvalue weighted by atomic mass is 10.1. The van der Waals surface area contributed by atoms with E-state index in [-0.39, 0.29) is 39.8 Å². The number of rotatable bonds is 7. The fourth-order valence-electron chi connectivity index (χ4n) is 6.74. The molecular weight excluding hydrogens is 862 g/mol. The van der Waals surface area contributed by atoms with Gasteiger partial charge in [0.2, 0.25) is 12.3 Å². The summed E-state index contributed by atoms with van der Waals surface area (Å²) >= 11 is 0.572. The minimum atomic E-state index is -5.25. The van der Waals surface area contributed by atoms with Crippen LogP contribution < -0.4 is 15.8 Å². The molecule has 6 heterocycles. The maximum absolute atomic E-state index is 16.4. The highest BCUT2D eigenvalue weighted by molar-refractivity contribution is 8.54. The number of aromatic nitrogens is 4. The Bertz CT molecular complexity index is 2420.